The van der Waals surface area contributed by atoms with Gasteiger partial charge in [-0.15, -0.1) is 0 Å². The van der Waals surface area contributed by atoms with Gasteiger partial charge >= 0.3 is 0 Å². The smallest absolute Gasteiger partial charge is 0.276 e. The summed E-state index contributed by atoms with van der Waals surface area (Å²) in [6.45, 7) is 0. The summed E-state index contributed by atoms with van der Waals surface area (Å²) in [5.74, 6) is 1.02. The maximum absolute atomic E-state index is 5.91. The number of hydrogen-bond acceptors (Lipinski definition) is 4. The molecular formula is C17H17ClN5O+. The fourth-order valence-corrected chi connectivity index (χ4v) is 2.66. The first-order valence-corrected chi connectivity index (χ1v) is 7.74. The van der Waals surface area contributed by atoms with E-state index in [-0.39, 0.29) is 23.0 Å². The zero-order valence-electron chi connectivity index (χ0n) is 12.8. The summed E-state index contributed by atoms with van der Waals surface area (Å²) in [7, 11) is 0. The first-order valence-electron chi connectivity index (χ1n) is 7.36. The van der Waals surface area contributed by atoms with Gasteiger partial charge < -0.3 is 10.5 Å². The van der Waals surface area contributed by atoms with Gasteiger partial charge in [0.2, 0.25) is 5.28 Å². The largest absolute Gasteiger partial charge is 0.486 e. The molecule has 0 fully saturated rings. The van der Waals surface area contributed by atoms with Gasteiger partial charge in [-0.25, -0.2) is 9.97 Å². The van der Waals surface area contributed by atoms with E-state index in [2.05, 4.69) is 9.97 Å². The van der Waals surface area contributed by atoms with Crippen molar-refractivity contribution < 1.29 is 10.1 Å². The molecule has 0 bridgehead atoms. The first-order chi connectivity index (χ1) is 11.5. The number of ether oxygens (including phenoxy) is 1. The predicted octanol–water partition coefficient (Wildman–Crippen LogP) is 0.967. The lowest BCUT2D eigenvalue weighted by Gasteiger charge is -2.19. The van der Waals surface area contributed by atoms with E-state index in [0.717, 1.165) is 11.3 Å². The van der Waals surface area contributed by atoms with Crippen LogP contribution in [0.25, 0.3) is 5.57 Å². The van der Waals surface area contributed by atoms with Crippen LogP contribution in [0, 0.1) is 0 Å². The van der Waals surface area contributed by atoms with E-state index in [4.69, 9.17) is 33.2 Å². The van der Waals surface area contributed by atoms with Crippen molar-refractivity contribution in [1.82, 2.24) is 9.97 Å². The Bertz CT molecular complexity index is 832. The number of rotatable bonds is 4. The van der Waals surface area contributed by atoms with Crippen molar-refractivity contribution in [3.63, 3.8) is 0 Å². The molecule has 122 valence electrons. The summed E-state index contributed by atoms with van der Waals surface area (Å²) >= 11 is 5.91. The fraction of sp³-hybridized carbons (Fsp3) is 0.118. The third-order valence-electron chi connectivity index (χ3n) is 3.56. The third kappa shape index (κ3) is 3.38. The van der Waals surface area contributed by atoms with E-state index in [9.17, 15) is 0 Å². The average molecular weight is 343 g/mol. The molecule has 0 amide bonds. The zero-order chi connectivity index (χ0) is 17.1. The number of benzene rings is 1. The summed E-state index contributed by atoms with van der Waals surface area (Å²) < 4.78 is 5.90. The molecule has 0 saturated heterocycles. The van der Waals surface area contributed by atoms with Crippen LogP contribution >= 0.6 is 11.6 Å². The summed E-state index contributed by atoms with van der Waals surface area (Å²) in [5.41, 5.74) is 13.3. The van der Waals surface area contributed by atoms with Gasteiger partial charge in [0.1, 0.15) is 23.2 Å². The van der Waals surface area contributed by atoms with Crippen molar-refractivity contribution in [2.45, 2.75) is 12.5 Å². The van der Waals surface area contributed by atoms with Crippen molar-refractivity contribution >= 4 is 28.8 Å². The van der Waals surface area contributed by atoms with Gasteiger partial charge in [0.25, 0.3) is 5.84 Å². The molecule has 1 heterocycles. The zero-order valence-corrected chi connectivity index (χ0v) is 13.6. The standard InChI is InChI=1S/C17H16ClN5O/c18-17-22-14(13(15(19)20)16(21)23-17)10-6-8-12(9-7-10)24-11-4-2-1-3-5-11/h1-8,12H,9H2,(H3,19,20)(H2,21,22,23)/p+1. The van der Waals surface area contributed by atoms with Crippen molar-refractivity contribution in [3.05, 3.63) is 65.1 Å². The first kappa shape index (κ1) is 16.0. The Hall–Kier alpha value is -2.86. The lowest BCUT2D eigenvalue weighted by atomic mass is 9.98. The number of amidine groups is 1. The molecule has 0 spiro atoms. The molecule has 1 aromatic heterocycles. The minimum Gasteiger partial charge on any atom is -0.486 e. The molecule has 1 aliphatic rings. The van der Waals surface area contributed by atoms with Gasteiger partial charge in [-0.2, -0.15) is 0 Å². The number of nitrogens with zero attached hydrogens (tertiary/aromatic N) is 2. The maximum atomic E-state index is 5.91. The number of anilines is 1. The highest BCUT2D eigenvalue weighted by molar-refractivity contribution is 6.28. The normalized spacial score (nSPS) is 16.5. The molecule has 2 aromatic rings. The van der Waals surface area contributed by atoms with Gasteiger partial charge in [0, 0.05) is 6.42 Å². The number of nitrogen functional groups attached to an aromatic ring is 1. The predicted molar refractivity (Wildman–Crippen MR) is 94.3 cm³/mol. The van der Waals surface area contributed by atoms with Gasteiger partial charge in [-0.3, -0.25) is 11.1 Å². The van der Waals surface area contributed by atoms with Crippen molar-refractivity contribution in [3.8, 4) is 5.75 Å². The number of allylic oxidation sites excluding steroid dienone is 2. The Kier molecular flexibility index (Phi) is 4.48. The second kappa shape index (κ2) is 6.72. The van der Waals surface area contributed by atoms with Crippen LogP contribution in [-0.2, 0) is 0 Å². The van der Waals surface area contributed by atoms with Crippen molar-refractivity contribution in [2.24, 2.45) is 5.73 Å². The number of para-hydroxylation sites is 1. The highest BCUT2D eigenvalue weighted by Crippen LogP contribution is 2.27. The van der Waals surface area contributed by atoms with Gasteiger partial charge in [0.15, 0.2) is 0 Å². The van der Waals surface area contributed by atoms with Crippen LogP contribution in [0.1, 0.15) is 17.7 Å². The van der Waals surface area contributed by atoms with Gasteiger partial charge in [-0.1, -0.05) is 30.4 Å². The summed E-state index contributed by atoms with van der Waals surface area (Å²) in [4.78, 5) is 8.12. The molecule has 7 heteroatoms. The molecule has 6 N–H and O–H groups in total. The molecule has 1 unspecified atom stereocenters. The molecule has 0 saturated carbocycles. The van der Waals surface area contributed by atoms with E-state index in [1.54, 1.807) is 0 Å². The Balaban J connectivity index is 1.83. The van der Waals surface area contributed by atoms with Crippen LogP contribution in [-0.4, -0.2) is 21.9 Å². The Morgan fingerprint density at radius 1 is 1.25 bits per heavy atom. The molecule has 6 nitrogen and oxygen atoms in total. The molecule has 0 radical (unpaired) electrons. The highest BCUT2D eigenvalue weighted by Gasteiger charge is 2.21. The van der Waals surface area contributed by atoms with Crippen LogP contribution in [0.2, 0.25) is 5.28 Å². The van der Waals surface area contributed by atoms with Crippen molar-refractivity contribution in [1.29, 1.82) is 0 Å². The number of nitrogens with two attached hydrogens (primary N) is 3. The van der Waals surface area contributed by atoms with E-state index in [1.807, 2.05) is 48.6 Å². The molecule has 3 rings (SSSR count). The third-order valence-corrected chi connectivity index (χ3v) is 3.73. The lowest BCUT2D eigenvalue weighted by molar-refractivity contribution is -0.114. The van der Waals surface area contributed by atoms with Gasteiger partial charge in [0.05, 0.1) is 5.69 Å². The van der Waals surface area contributed by atoms with Crippen LogP contribution in [0.3, 0.4) is 0 Å². The molecule has 1 atom stereocenters. The maximum Gasteiger partial charge on any atom is 0.276 e. The molecule has 24 heavy (non-hydrogen) atoms. The quantitative estimate of drug-likeness (QED) is 0.435. The van der Waals surface area contributed by atoms with E-state index in [1.165, 1.54) is 0 Å². The van der Waals surface area contributed by atoms with Crippen LogP contribution < -0.4 is 21.6 Å². The van der Waals surface area contributed by atoms with Crippen LogP contribution in [0.15, 0.2) is 48.6 Å². The molecule has 1 aliphatic carbocycles. The summed E-state index contributed by atoms with van der Waals surface area (Å²) in [6.07, 6.45) is 6.44. The average Bonchev–Trinajstić information content (AvgIpc) is 2.55. The van der Waals surface area contributed by atoms with Crippen LogP contribution in [0.4, 0.5) is 5.82 Å². The van der Waals surface area contributed by atoms with Crippen molar-refractivity contribution in [2.75, 3.05) is 5.73 Å². The van der Waals surface area contributed by atoms with E-state index in [0.29, 0.717) is 17.7 Å². The van der Waals surface area contributed by atoms with E-state index >= 15 is 0 Å². The second-order valence-electron chi connectivity index (χ2n) is 5.28. The molecule has 0 aliphatic heterocycles. The van der Waals surface area contributed by atoms with Crippen LogP contribution in [0.5, 0.6) is 5.75 Å². The Labute approximate surface area is 144 Å². The SMILES string of the molecule is NC(=[NH2+])c1c(N)nc(Cl)nc1C1=CCC(Oc2ccccc2)C=C1. The molecular weight excluding hydrogens is 326 g/mol. The highest BCUT2D eigenvalue weighted by atomic mass is 35.5. The summed E-state index contributed by atoms with van der Waals surface area (Å²) in [5, 5.41) is 5.76. The monoisotopic (exact) mass is 342 g/mol. The topological polar surface area (TPSA) is 113 Å². The number of hydrogen-bond donors (Lipinski definition) is 3. The minimum atomic E-state index is -0.0616. The Morgan fingerprint density at radius 2 is 2.00 bits per heavy atom. The summed E-state index contributed by atoms with van der Waals surface area (Å²) in [6, 6.07) is 9.64. The molecule has 1 aromatic carbocycles. The lowest BCUT2D eigenvalue weighted by Crippen LogP contribution is -2.47. The number of aromatic nitrogens is 2. The second-order valence-corrected chi connectivity index (χ2v) is 5.62. The van der Waals surface area contributed by atoms with Gasteiger partial charge in [-0.05, 0) is 35.4 Å². The fourth-order valence-electron chi connectivity index (χ4n) is 2.48. The number of halogens is 1. The minimum absolute atomic E-state index is 0.0458. The van der Waals surface area contributed by atoms with E-state index < -0.39 is 0 Å². The Morgan fingerprint density at radius 3 is 2.62 bits per heavy atom.